The van der Waals surface area contributed by atoms with E-state index >= 15 is 0 Å². The minimum atomic E-state index is -0.242. The van der Waals surface area contributed by atoms with Crippen LogP contribution >= 0.6 is 0 Å². The fourth-order valence-corrected chi connectivity index (χ4v) is 2.58. The first-order valence-electron chi connectivity index (χ1n) is 8.82. The van der Waals surface area contributed by atoms with E-state index in [-0.39, 0.29) is 11.8 Å². The van der Waals surface area contributed by atoms with Gasteiger partial charge in [0.2, 0.25) is 5.91 Å². The second kappa shape index (κ2) is 8.31. The van der Waals surface area contributed by atoms with Gasteiger partial charge in [0.1, 0.15) is 0 Å². The molecule has 3 aromatic rings. The van der Waals surface area contributed by atoms with Crippen LogP contribution in [0.3, 0.4) is 0 Å². The van der Waals surface area contributed by atoms with Gasteiger partial charge in [-0.05, 0) is 42.3 Å². The SMILES string of the molecule is CC(C)CC(=O)Nc1ccc(NC(=O)c2cnn(-c3ccccc3)c2)cc1. The Bertz CT molecular complexity index is 915. The van der Waals surface area contributed by atoms with Crippen LogP contribution in [-0.4, -0.2) is 21.6 Å². The largest absolute Gasteiger partial charge is 0.326 e. The standard InChI is InChI=1S/C21H22N4O2/c1-15(2)12-20(26)23-17-8-10-18(11-9-17)24-21(27)16-13-22-25(14-16)19-6-4-3-5-7-19/h3-11,13-15H,12H2,1-2H3,(H,23,26)(H,24,27). The minimum absolute atomic E-state index is 0.0184. The Balaban J connectivity index is 1.61. The van der Waals surface area contributed by atoms with Crippen molar-refractivity contribution >= 4 is 23.2 Å². The summed E-state index contributed by atoms with van der Waals surface area (Å²) in [6, 6.07) is 16.6. The highest BCUT2D eigenvalue weighted by Gasteiger charge is 2.10. The fourth-order valence-electron chi connectivity index (χ4n) is 2.58. The summed E-state index contributed by atoms with van der Waals surface area (Å²) in [5.41, 5.74) is 2.70. The number of carbonyl (C=O) groups is 2. The lowest BCUT2D eigenvalue weighted by Crippen LogP contribution is -2.14. The predicted molar refractivity (Wildman–Crippen MR) is 106 cm³/mol. The average Bonchev–Trinajstić information content (AvgIpc) is 3.14. The lowest BCUT2D eigenvalue weighted by molar-refractivity contribution is -0.116. The summed E-state index contributed by atoms with van der Waals surface area (Å²) in [6.45, 7) is 4.00. The molecule has 0 aliphatic rings. The third-order valence-corrected chi connectivity index (χ3v) is 3.89. The van der Waals surface area contributed by atoms with E-state index < -0.39 is 0 Å². The summed E-state index contributed by atoms with van der Waals surface area (Å²) in [7, 11) is 0. The maximum absolute atomic E-state index is 12.4. The minimum Gasteiger partial charge on any atom is -0.326 e. The van der Waals surface area contributed by atoms with Gasteiger partial charge in [-0.15, -0.1) is 0 Å². The second-order valence-corrected chi connectivity index (χ2v) is 6.69. The average molecular weight is 362 g/mol. The van der Waals surface area contributed by atoms with Gasteiger partial charge >= 0.3 is 0 Å². The Morgan fingerprint density at radius 1 is 0.963 bits per heavy atom. The van der Waals surface area contributed by atoms with Gasteiger partial charge in [0, 0.05) is 24.0 Å². The molecule has 0 unspecified atom stereocenters. The van der Waals surface area contributed by atoms with Crippen molar-refractivity contribution in [3.63, 3.8) is 0 Å². The summed E-state index contributed by atoms with van der Waals surface area (Å²) >= 11 is 0. The highest BCUT2D eigenvalue weighted by atomic mass is 16.2. The molecule has 0 saturated carbocycles. The number of benzene rings is 2. The normalized spacial score (nSPS) is 10.6. The lowest BCUT2D eigenvalue weighted by Gasteiger charge is -2.08. The molecule has 0 saturated heterocycles. The number of nitrogens with zero attached hydrogens (tertiary/aromatic N) is 2. The van der Waals surface area contributed by atoms with Crippen molar-refractivity contribution in [1.82, 2.24) is 9.78 Å². The molecule has 2 amide bonds. The highest BCUT2D eigenvalue weighted by molar-refractivity contribution is 6.04. The second-order valence-electron chi connectivity index (χ2n) is 6.69. The Morgan fingerprint density at radius 3 is 2.22 bits per heavy atom. The van der Waals surface area contributed by atoms with E-state index in [1.165, 1.54) is 6.20 Å². The zero-order chi connectivity index (χ0) is 19.2. The molecular weight excluding hydrogens is 340 g/mol. The van der Waals surface area contributed by atoms with E-state index in [2.05, 4.69) is 15.7 Å². The van der Waals surface area contributed by atoms with E-state index in [4.69, 9.17) is 0 Å². The molecule has 0 bridgehead atoms. The monoisotopic (exact) mass is 362 g/mol. The van der Waals surface area contributed by atoms with Crippen molar-refractivity contribution in [1.29, 1.82) is 0 Å². The van der Waals surface area contributed by atoms with Crippen molar-refractivity contribution in [3.05, 3.63) is 72.6 Å². The highest BCUT2D eigenvalue weighted by Crippen LogP contribution is 2.16. The Hall–Kier alpha value is -3.41. The molecule has 0 radical (unpaired) electrons. The van der Waals surface area contributed by atoms with Gasteiger partial charge in [-0.2, -0.15) is 5.10 Å². The number of para-hydroxylation sites is 1. The molecule has 2 N–H and O–H groups in total. The van der Waals surface area contributed by atoms with Crippen LogP contribution in [0, 0.1) is 5.92 Å². The summed E-state index contributed by atoms with van der Waals surface area (Å²) < 4.78 is 1.66. The Kier molecular flexibility index (Phi) is 5.66. The maximum atomic E-state index is 12.4. The first-order chi connectivity index (χ1) is 13.0. The molecule has 138 valence electrons. The molecule has 6 heteroatoms. The summed E-state index contributed by atoms with van der Waals surface area (Å²) in [5, 5.41) is 9.90. The van der Waals surface area contributed by atoms with E-state index in [1.807, 2.05) is 44.2 Å². The molecule has 1 heterocycles. The Morgan fingerprint density at radius 2 is 1.59 bits per heavy atom. The van der Waals surface area contributed by atoms with E-state index in [0.29, 0.717) is 29.3 Å². The number of hydrogen-bond acceptors (Lipinski definition) is 3. The molecular formula is C21H22N4O2. The summed E-state index contributed by atoms with van der Waals surface area (Å²) in [6.07, 6.45) is 3.69. The van der Waals surface area contributed by atoms with E-state index in [9.17, 15) is 9.59 Å². The van der Waals surface area contributed by atoms with Gasteiger partial charge in [0.05, 0.1) is 17.4 Å². The first-order valence-corrected chi connectivity index (χ1v) is 8.82. The number of carbonyl (C=O) groups excluding carboxylic acids is 2. The van der Waals surface area contributed by atoms with E-state index in [0.717, 1.165) is 5.69 Å². The topological polar surface area (TPSA) is 76.0 Å². The molecule has 27 heavy (non-hydrogen) atoms. The van der Waals surface area contributed by atoms with Gasteiger partial charge < -0.3 is 10.6 Å². The number of rotatable bonds is 6. The first kappa shape index (κ1) is 18.4. The van der Waals surface area contributed by atoms with Gasteiger partial charge in [0.25, 0.3) is 5.91 Å². The number of nitrogens with one attached hydrogen (secondary N) is 2. The van der Waals surface area contributed by atoms with Crippen molar-refractivity contribution in [2.45, 2.75) is 20.3 Å². The van der Waals surface area contributed by atoms with Crippen LogP contribution in [0.25, 0.3) is 5.69 Å². The molecule has 0 aliphatic carbocycles. The molecule has 6 nitrogen and oxygen atoms in total. The molecule has 0 atom stereocenters. The van der Waals surface area contributed by atoms with Crippen molar-refractivity contribution in [2.24, 2.45) is 5.92 Å². The van der Waals surface area contributed by atoms with Gasteiger partial charge in [-0.1, -0.05) is 32.0 Å². The molecule has 0 spiro atoms. The predicted octanol–water partition coefficient (Wildman–Crippen LogP) is 4.11. The van der Waals surface area contributed by atoms with Crippen LogP contribution < -0.4 is 10.6 Å². The zero-order valence-electron chi connectivity index (χ0n) is 15.3. The number of amides is 2. The van der Waals surface area contributed by atoms with Crippen molar-refractivity contribution < 1.29 is 9.59 Å². The van der Waals surface area contributed by atoms with Crippen LogP contribution in [0.2, 0.25) is 0 Å². The summed E-state index contributed by atoms with van der Waals surface area (Å²) in [5.74, 6) is 0.0456. The van der Waals surface area contributed by atoms with Crippen LogP contribution in [0.1, 0.15) is 30.6 Å². The van der Waals surface area contributed by atoms with Crippen molar-refractivity contribution in [3.8, 4) is 5.69 Å². The third kappa shape index (κ3) is 5.04. The maximum Gasteiger partial charge on any atom is 0.258 e. The number of anilines is 2. The number of aromatic nitrogens is 2. The molecule has 3 rings (SSSR count). The van der Waals surface area contributed by atoms with Crippen LogP contribution in [0.4, 0.5) is 11.4 Å². The summed E-state index contributed by atoms with van der Waals surface area (Å²) in [4.78, 5) is 24.2. The Labute approximate surface area is 158 Å². The molecule has 1 aromatic heterocycles. The van der Waals surface area contributed by atoms with Crippen LogP contribution in [0.15, 0.2) is 67.0 Å². The van der Waals surface area contributed by atoms with E-state index in [1.54, 1.807) is 35.1 Å². The lowest BCUT2D eigenvalue weighted by atomic mass is 10.1. The quantitative estimate of drug-likeness (QED) is 0.693. The van der Waals surface area contributed by atoms with Gasteiger partial charge in [-0.25, -0.2) is 4.68 Å². The number of hydrogen-bond donors (Lipinski definition) is 2. The van der Waals surface area contributed by atoms with Gasteiger partial charge in [-0.3, -0.25) is 9.59 Å². The fraction of sp³-hybridized carbons (Fsp3) is 0.190. The zero-order valence-corrected chi connectivity index (χ0v) is 15.3. The molecule has 2 aromatic carbocycles. The van der Waals surface area contributed by atoms with Crippen LogP contribution in [-0.2, 0) is 4.79 Å². The smallest absolute Gasteiger partial charge is 0.258 e. The third-order valence-electron chi connectivity index (χ3n) is 3.89. The van der Waals surface area contributed by atoms with Crippen molar-refractivity contribution in [2.75, 3.05) is 10.6 Å². The van der Waals surface area contributed by atoms with Crippen LogP contribution in [0.5, 0.6) is 0 Å². The molecule has 0 aliphatic heterocycles. The van der Waals surface area contributed by atoms with Gasteiger partial charge in [0.15, 0.2) is 0 Å². The molecule has 0 fully saturated rings.